The van der Waals surface area contributed by atoms with Gasteiger partial charge in [0.05, 0.1) is 11.6 Å². The standard InChI is InChI=1S/C22H13FN4O2/c23-18-9-7-15(8-10-18)22-26-20(27-29-22)16-4-2-6-19(12-16)25-21(28)17-5-1-3-14(11-17)13-24/h1-12H,(H,25,28). The van der Waals surface area contributed by atoms with E-state index in [9.17, 15) is 9.18 Å². The summed E-state index contributed by atoms with van der Waals surface area (Å²) in [6.45, 7) is 0. The fourth-order valence-electron chi connectivity index (χ4n) is 2.72. The zero-order valence-corrected chi connectivity index (χ0v) is 15.0. The molecule has 0 aliphatic carbocycles. The van der Waals surface area contributed by atoms with Crippen LogP contribution in [0.4, 0.5) is 10.1 Å². The molecular formula is C22H13FN4O2. The van der Waals surface area contributed by atoms with Gasteiger partial charge in [0, 0.05) is 22.4 Å². The van der Waals surface area contributed by atoms with Gasteiger partial charge in [-0.1, -0.05) is 23.4 Å². The van der Waals surface area contributed by atoms with E-state index in [-0.39, 0.29) is 17.6 Å². The van der Waals surface area contributed by atoms with Crippen LogP contribution in [-0.4, -0.2) is 16.0 Å². The molecule has 7 heteroatoms. The first kappa shape index (κ1) is 18.1. The molecule has 1 aromatic heterocycles. The third kappa shape index (κ3) is 4.01. The number of carbonyl (C=O) groups excluding carboxylic acids is 1. The van der Waals surface area contributed by atoms with Crippen LogP contribution in [0.25, 0.3) is 22.8 Å². The minimum Gasteiger partial charge on any atom is -0.334 e. The Hall–Kier alpha value is -4.31. The Balaban J connectivity index is 1.55. The molecule has 0 atom stereocenters. The first-order valence-electron chi connectivity index (χ1n) is 8.64. The largest absolute Gasteiger partial charge is 0.334 e. The maximum atomic E-state index is 13.1. The van der Waals surface area contributed by atoms with Gasteiger partial charge >= 0.3 is 0 Å². The van der Waals surface area contributed by atoms with E-state index in [2.05, 4.69) is 15.5 Å². The normalized spacial score (nSPS) is 10.3. The Bertz CT molecular complexity index is 1230. The fraction of sp³-hybridized carbons (Fsp3) is 0. The van der Waals surface area contributed by atoms with Crippen molar-refractivity contribution in [2.24, 2.45) is 0 Å². The average molecular weight is 384 g/mol. The molecule has 29 heavy (non-hydrogen) atoms. The highest BCUT2D eigenvalue weighted by molar-refractivity contribution is 6.04. The van der Waals surface area contributed by atoms with Crippen molar-refractivity contribution >= 4 is 11.6 Å². The number of aromatic nitrogens is 2. The second kappa shape index (κ2) is 7.74. The van der Waals surface area contributed by atoms with Gasteiger partial charge in [0.2, 0.25) is 5.82 Å². The van der Waals surface area contributed by atoms with E-state index in [1.807, 2.05) is 6.07 Å². The van der Waals surface area contributed by atoms with Gasteiger partial charge in [-0.25, -0.2) is 4.39 Å². The van der Waals surface area contributed by atoms with E-state index in [1.54, 1.807) is 54.6 Å². The van der Waals surface area contributed by atoms with Crippen LogP contribution in [0.15, 0.2) is 77.3 Å². The Labute approximate surface area is 165 Å². The fourth-order valence-corrected chi connectivity index (χ4v) is 2.72. The van der Waals surface area contributed by atoms with Gasteiger partial charge < -0.3 is 9.84 Å². The third-order valence-electron chi connectivity index (χ3n) is 4.15. The molecule has 3 aromatic carbocycles. The first-order chi connectivity index (χ1) is 14.1. The molecule has 4 aromatic rings. The van der Waals surface area contributed by atoms with Crippen LogP contribution < -0.4 is 5.32 Å². The zero-order valence-electron chi connectivity index (χ0n) is 15.0. The number of benzene rings is 3. The molecule has 4 rings (SSSR count). The summed E-state index contributed by atoms with van der Waals surface area (Å²) in [5, 5.41) is 15.7. The molecule has 6 nitrogen and oxygen atoms in total. The quantitative estimate of drug-likeness (QED) is 0.552. The van der Waals surface area contributed by atoms with Crippen LogP contribution in [0, 0.1) is 17.1 Å². The van der Waals surface area contributed by atoms with Gasteiger partial charge in [0.1, 0.15) is 5.82 Å². The molecule has 0 aliphatic rings. The summed E-state index contributed by atoms with van der Waals surface area (Å²) in [5.41, 5.74) is 2.58. The van der Waals surface area contributed by atoms with Gasteiger partial charge in [-0.3, -0.25) is 4.79 Å². The van der Waals surface area contributed by atoms with Gasteiger partial charge in [-0.2, -0.15) is 10.2 Å². The maximum absolute atomic E-state index is 13.1. The lowest BCUT2D eigenvalue weighted by atomic mass is 10.1. The van der Waals surface area contributed by atoms with Gasteiger partial charge in [-0.05, 0) is 54.6 Å². The summed E-state index contributed by atoms with van der Waals surface area (Å²) in [4.78, 5) is 16.8. The van der Waals surface area contributed by atoms with E-state index in [4.69, 9.17) is 9.78 Å². The zero-order chi connectivity index (χ0) is 20.2. The minimum atomic E-state index is -0.350. The van der Waals surface area contributed by atoms with Crippen LogP contribution in [0.5, 0.6) is 0 Å². The molecule has 1 heterocycles. The molecule has 1 amide bonds. The predicted octanol–water partition coefficient (Wildman–Crippen LogP) is 4.67. The minimum absolute atomic E-state index is 0.266. The lowest BCUT2D eigenvalue weighted by Gasteiger charge is -2.06. The van der Waals surface area contributed by atoms with Crippen LogP contribution >= 0.6 is 0 Å². The lowest BCUT2D eigenvalue weighted by molar-refractivity contribution is 0.102. The van der Waals surface area contributed by atoms with Gasteiger partial charge in [0.25, 0.3) is 11.8 Å². The second-order valence-electron chi connectivity index (χ2n) is 6.16. The molecule has 0 radical (unpaired) electrons. The Morgan fingerprint density at radius 2 is 1.79 bits per heavy atom. The summed E-state index contributed by atoms with van der Waals surface area (Å²) >= 11 is 0. The third-order valence-corrected chi connectivity index (χ3v) is 4.15. The monoisotopic (exact) mass is 384 g/mol. The van der Waals surface area contributed by atoms with Crippen LogP contribution in [0.1, 0.15) is 15.9 Å². The van der Waals surface area contributed by atoms with Crippen LogP contribution in [0.3, 0.4) is 0 Å². The molecule has 0 saturated heterocycles. The summed E-state index contributed by atoms with van der Waals surface area (Å²) in [6.07, 6.45) is 0. The number of hydrogen-bond donors (Lipinski definition) is 1. The molecule has 0 fully saturated rings. The van der Waals surface area contributed by atoms with Crippen LogP contribution in [0.2, 0.25) is 0 Å². The van der Waals surface area contributed by atoms with E-state index < -0.39 is 0 Å². The number of nitrogens with one attached hydrogen (secondary N) is 1. The number of hydrogen-bond acceptors (Lipinski definition) is 5. The highest BCUT2D eigenvalue weighted by Crippen LogP contribution is 2.24. The van der Waals surface area contributed by atoms with Crippen LogP contribution in [-0.2, 0) is 0 Å². The van der Waals surface area contributed by atoms with E-state index in [0.29, 0.717) is 33.8 Å². The van der Waals surface area contributed by atoms with Crippen molar-refractivity contribution in [3.8, 4) is 28.9 Å². The Kier molecular flexibility index (Phi) is 4.82. The van der Waals surface area contributed by atoms with Crippen molar-refractivity contribution in [2.45, 2.75) is 0 Å². The molecule has 0 aliphatic heterocycles. The number of halogens is 1. The highest BCUT2D eigenvalue weighted by atomic mass is 19.1. The summed E-state index contributed by atoms with van der Waals surface area (Å²) in [5.74, 6) is -0.0775. The maximum Gasteiger partial charge on any atom is 0.258 e. The van der Waals surface area contributed by atoms with Crippen molar-refractivity contribution in [2.75, 3.05) is 5.32 Å². The van der Waals surface area contributed by atoms with E-state index in [1.165, 1.54) is 18.2 Å². The summed E-state index contributed by atoms with van der Waals surface area (Å²) in [7, 11) is 0. The molecule has 0 unspecified atom stereocenters. The number of rotatable bonds is 4. The van der Waals surface area contributed by atoms with Crippen molar-refractivity contribution in [3.63, 3.8) is 0 Å². The molecule has 0 spiro atoms. The highest BCUT2D eigenvalue weighted by Gasteiger charge is 2.12. The number of anilines is 1. The number of amides is 1. The SMILES string of the molecule is N#Cc1cccc(C(=O)Nc2cccc(-c3noc(-c4ccc(F)cc4)n3)c2)c1. The topological polar surface area (TPSA) is 91.8 Å². The second-order valence-corrected chi connectivity index (χ2v) is 6.16. The number of carbonyl (C=O) groups is 1. The van der Waals surface area contributed by atoms with Crippen molar-refractivity contribution in [3.05, 3.63) is 89.7 Å². The average Bonchev–Trinajstić information content (AvgIpc) is 3.25. The Morgan fingerprint density at radius 3 is 2.59 bits per heavy atom. The molecule has 140 valence electrons. The molecular weight excluding hydrogens is 371 g/mol. The molecule has 0 saturated carbocycles. The number of nitriles is 1. The van der Waals surface area contributed by atoms with E-state index >= 15 is 0 Å². The first-order valence-corrected chi connectivity index (χ1v) is 8.64. The smallest absolute Gasteiger partial charge is 0.258 e. The molecule has 1 N–H and O–H groups in total. The summed E-state index contributed by atoms with van der Waals surface area (Å²) in [6, 6.07) is 21.2. The Morgan fingerprint density at radius 1 is 1.00 bits per heavy atom. The number of nitrogens with zero attached hydrogens (tertiary/aromatic N) is 3. The predicted molar refractivity (Wildman–Crippen MR) is 104 cm³/mol. The van der Waals surface area contributed by atoms with E-state index in [0.717, 1.165) is 0 Å². The van der Waals surface area contributed by atoms with Gasteiger partial charge in [-0.15, -0.1) is 0 Å². The van der Waals surface area contributed by atoms with Gasteiger partial charge in [0.15, 0.2) is 0 Å². The summed E-state index contributed by atoms with van der Waals surface area (Å²) < 4.78 is 18.3. The molecule has 0 bridgehead atoms. The van der Waals surface area contributed by atoms with Crippen molar-refractivity contribution in [1.82, 2.24) is 10.1 Å². The lowest BCUT2D eigenvalue weighted by Crippen LogP contribution is -2.12. The van der Waals surface area contributed by atoms with Crippen molar-refractivity contribution < 1.29 is 13.7 Å². The van der Waals surface area contributed by atoms with Crippen molar-refractivity contribution in [1.29, 1.82) is 5.26 Å².